The van der Waals surface area contributed by atoms with E-state index >= 15 is 0 Å². The third-order valence-corrected chi connectivity index (χ3v) is 8.60. The quantitative estimate of drug-likeness (QED) is 0.470. The highest BCUT2D eigenvalue weighted by Gasteiger charge is 2.23. The molecular formula is C16H21ClNO4PS2. The number of aromatic nitrogens is 1. The van der Waals surface area contributed by atoms with Crippen LogP contribution < -0.4 is 5.56 Å². The van der Waals surface area contributed by atoms with Crippen molar-refractivity contribution in [1.82, 2.24) is 4.74 Å². The second-order valence-electron chi connectivity index (χ2n) is 5.16. The van der Waals surface area contributed by atoms with Gasteiger partial charge in [-0.3, -0.25) is 4.79 Å². The van der Waals surface area contributed by atoms with Gasteiger partial charge in [-0.15, -0.1) is 0 Å². The smallest absolute Gasteiger partial charge is 0.302 e. The molecule has 0 atom stereocenters. The van der Waals surface area contributed by atoms with Crippen molar-refractivity contribution in [3.05, 3.63) is 45.7 Å². The molecule has 25 heavy (non-hydrogen) atoms. The van der Waals surface area contributed by atoms with Crippen LogP contribution in [-0.4, -0.2) is 18.0 Å². The van der Waals surface area contributed by atoms with Gasteiger partial charge < -0.3 is 13.6 Å². The van der Waals surface area contributed by atoms with Gasteiger partial charge in [0.15, 0.2) is 10.8 Å². The Balaban J connectivity index is 2.16. The van der Waals surface area contributed by atoms with Crippen molar-refractivity contribution in [2.75, 3.05) is 13.2 Å². The maximum absolute atomic E-state index is 12.3. The Hall–Kier alpha value is -0.560. The molecule has 0 unspecified atom stereocenters. The van der Waals surface area contributed by atoms with Crippen LogP contribution in [0, 0.1) is 0 Å². The summed E-state index contributed by atoms with van der Waals surface area (Å²) in [5, 5.41) is 0.0593. The molecule has 0 aliphatic rings. The minimum absolute atomic E-state index is 0.0593. The molecule has 0 fully saturated rings. The van der Waals surface area contributed by atoms with Crippen LogP contribution >= 0.6 is 28.7 Å². The first-order valence-corrected chi connectivity index (χ1v) is 12.6. The minimum Gasteiger partial charge on any atom is -0.373 e. The van der Waals surface area contributed by atoms with E-state index in [0.29, 0.717) is 19.0 Å². The molecule has 138 valence electrons. The maximum Gasteiger partial charge on any atom is 0.302 e. The predicted octanol–water partition coefficient (Wildman–Crippen LogP) is 5.53. The molecule has 1 aromatic carbocycles. The van der Waals surface area contributed by atoms with E-state index in [2.05, 4.69) is 0 Å². The first kappa shape index (κ1) is 20.7. The highest BCUT2D eigenvalue weighted by atomic mass is 35.5. The Labute approximate surface area is 161 Å². The lowest BCUT2D eigenvalue weighted by atomic mass is 10.2. The second kappa shape index (κ2) is 9.95. The molecule has 0 aliphatic heterocycles. The van der Waals surface area contributed by atoms with Gasteiger partial charge in [-0.1, -0.05) is 55.8 Å². The zero-order valence-electron chi connectivity index (χ0n) is 14.1. The van der Waals surface area contributed by atoms with Crippen molar-refractivity contribution in [2.24, 2.45) is 0 Å². The van der Waals surface area contributed by atoms with Crippen LogP contribution in [0.15, 0.2) is 39.6 Å². The summed E-state index contributed by atoms with van der Waals surface area (Å²) in [4.78, 5) is 12.3. The summed E-state index contributed by atoms with van der Waals surface area (Å²) < 4.78 is 18.3. The van der Waals surface area contributed by atoms with Crippen LogP contribution in [0.25, 0.3) is 11.3 Å². The van der Waals surface area contributed by atoms with Crippen molar-refractivity contribution in [1.29, 1.82) is 0 Å². The standard InChI is InChI=1S/C16H21ClNO4PS2/c1-3-10-20-23(24,21-11-4-2)25-12-18-16(19)14(17)15(22-18)13-8-6-5-7-9-13/h5-9H,3-4,10-12H2,1-2H3. The van der Waals surface area contributed by atoms with E-state index in [-0.39, 0.29) is 16.5 Å². The largest absolute Gasteiger partial charge is 0.373 e. The summed E-state index contributed by atoms with van der Waals surface area (Å²) in [6.45, 7) is 5.06. The predicted molar refractivity (Wildman–Crippen MR) is 108 cm³/mol. The van der Waals surface area contributed by atoms with E-state index in [0.717, 1.165) is 18.4 Å². The highest BCUT2D eigenvalue weighted by molar-refractivity contribution is 8.67. The monoisotopic (exact) mass is 421 g/mol. The number of rotatable bonds is 10. The normalized spacial score (nSPS) is 11.8. The lowest BCUT2D eigenvalue weighted by Gasteiger charge is -2.20. The van der Waals surface area contributed by atoms with Crippen molar-refractivity contribution >= 4 is 40.5 Å². The maximum atomic E-state index is 12.3. The summed E-state index contributed by atoms with van der Waals surface area (Å²) in [5.41, 5.74) is -2.17. The van der Waals surface area contributed by atoms with E-state index < -0.39 is 5.69 Å². The Morgan fingerprint density at radius 3 is 2.36 bits per heavy atom. The number of halogens is 1. The molecule has 0 spiro atoms. The van der Waals surface area contributed by atoms with Crippen LogP contribution in [0.2, 0.25) is 5.02 Å². The molecule has 0 saturated carbocycles. The first-order chi connectivity index (χ1) is 12.0. The molecule has 0 amide bonds. The van der Waals surface area contributed by atoms with E-state index in [9.17, 15) is 4.79 Å². The van der Waals surface area contributed by atoms with Gasteiger partial charge in [0.1, 0.15) is 5.88 Å². The van der Waals surface area contributed by atoms with Crippen LogP contribution in [0.5, 0.6) is 0 Å². The molecule has 1 heterocycles. The van der Waals surface area contributed by atoms with Crippen LogP contribution in [-0.2, 0) is 26.7 Å². The Kier molecular flexibility index (Phi) is 8.26. The molecule has 0 N–H and O–H groups in total. The summed E-state index contributed by atoms with van der Waals surface area (Å²) in [6.07, 6.45) is 1.69. The zero-order valence-corrected chi connectivity index (χ0v) is 17.4. The van der Waals surface area contributed by atoms with Crippen molar-refractivity contribution in [3.8, 4) is 11.3 Å². The lowest BCUT2D eigenvalue weighted by molar-refractivity contribution is 0.259. The lowest BCUT2D eigenvalue weighted by Crippen LogP contribution is -2.13. The van der Waals surface area contributed by atoms with Crippen molar-refractivity contribution < 1.29 is 13.6 Å². The van der Waals surface area contributed by atoms with Gasteiger partial charge >= 0.3 is 5.56 Å². The Morgan fingerprint density at radius 2 is 1.80 bits per heavy atom. The molecule has 2 aromatic rings. The van der Waals surface area contributed by atoms with Crippen LogP contribution in [0.1, 0.15) is 26.7 Å². The summed E-state index contributed by atoms with van der Waals surface area (Å²) in [7, 11) is 0. The minimum atomic E-state index is -2.53. The summed E-state index contributed by atoms with van der Waals surface area (Å²) in [6, 6.07) is 9.26. The Morgan fingerprint density at radius 1 is 1.20 bits per heavy atom. The summed E-state index contributed by atoms with van der Waals surface area (Å²) >= 11 is 13.0. The van der Waals surface area contributed by atoms with E-state index in [1.165, 1.54) is 16.1 Å². The third-order valence-electron chi connectivity index (χ3n) is 3.09. The number of hydrogen-bond donors (Lipinski definition) is 0. The van der Waals surface area contributed by atoms with Gasteiger partial charge in [-0.2, -0.15) is 4.74 Å². The van der Waals surface area contributed by atoms with Crippen LogP contribution in [0.4, 0.5) is 0 Å². The molecule has 9 heteroatoms. The SMILES string of the molecule is CCCOP(=S)(OCCC)SCn1oc(-c2ccccc2)c(Cl)c1=O. The van der Waals surface area contributed by atoms with E-state index in [4.69, 9.17) is 37.0 Å². The van der Waals surface area contributed by atoms with Gasteiger partial charge in [-0.25, -0.2) is 0 Å². The molecule has 2 rings (SSSR count). The van der Waals surface area contributed by atoms with E-state index in [1.807, 2.05) is 44.2 Å². The fraction of sp³-hybridized carbons (Fsp3) is 0.438. The first-order valence-electron chi connectivity index (χ1n) is 7.99. The molecule has 0 radical (unpaired) electrons. The third kappa shape index (κ3) is 5.71. The van der Waals surface area contributed by atoms with Crippen LogP contribution in [0.3, 0.4) is 0 Å². The van der Waals surface area contributed by atoms with Gasteiger partial charge in [0.05, 0.1) is 13.2 Å². The number of benzene rings is 1. The molecule has 5 nitrogen and oxygen atoms in total. The highest BCUT2D eigenvalue weighted by Crippen LogP contribution is 2.61. The fourth-order valence-corrected chi connectivity index (χ4v) is 6.09. The fourth-order valence-electron chi connectivity index (χ4n) is 1.89. The molecule has 0 saturated heterocycles. The molecule has 0 bridgehead atoms. The van der Waals surface area contributed by atoms with Crippen molar-refractivity contribution in [3.63, 3.8) is 0 Å². The van der Waals surface area contributed by atoms with Gasteiger partial charge in [0.25, 0.3) is 0 Å². The second-order valence-corrected chi connectivity index (χ2v) is 11.8. The number of nitrogens with zero attached hydrogens (tertiary/aromatic N) is 1. The van der Waals surface area contributed by atoms with Gasteiger partial charge in [0.2, 0.25) is 5.69 Å². The van der Waals surface area contributed by atoms with Gasteiger partial charge in [0, 0.05) is 5.56 Å². The average Bonchev–Trinajstić information content (AvgIpc) is 2.92. The van der Waals surface area contributed by atoms with E-state index in [1.54, 1.807) is 0 Å². The Bertz CT molecular complexity index is 766. The topological polar surface area (TPSA) is 53.6 Å². The molecule has 0 aliphatic carbocycles. The zero-order chi connectivity index (χ0) is 18.3. The molecular weight excluding hydrogens is 401 g/mol. The van der Waals surface area contributed by atoms with Gasteiger partial charge in [-0.05, 0) is 36.0 Å². The molecule has 1 aromatic heterocycles. The average molecular weight is 422 g/mol. The number of hydrogen-bond acceptors (Lipinski definition) is 6. The van der Waals surface area contributed by atoms with Crippen molar-refractivity contribution in [2.45, 2.75) is 32.6 Å². The summed E-state index contributed by atoms with van der Waals surface area (Å²) in [5.74, 6) is 0.543.